The summed E-state index contributed by atoms with van der Waals surface area (Å²) in [6.07, 6.45) is 4.73. The van der Waals surface area contributed by atoms with E-state index in [9.17, 15) is 9.59 Å². The zero-order valence-corrected chi connectivity index (χ0v) is 15.3. The molecule has 1 aromatic heterocycles. The average Bonchev–Trinajstić information content (AvgIpc) is 2.45. The van der Waals surface area contributed by atoms with Gasteiger partial charge in [-0.05, 0) is 27.7 Å². The number of nitrogens with one attached hydrogen (secondary N) is 1. The minimum absolute atomic E-state index is 0.0702. The van der Waals surface area contributed by atoms with Gasteiger partial charge >= 0.3 is 12.1 Å². The van der Waals surface area contributed by atoms with Crippen LogP contribution < -0.4 is 14.6 Å². The van der Waals surface area contributed by atoms with Gasteiger partial charge in [-0.2, -0.15) is 4.57 Å². The number of hydrogen-bond donors (Lipinski definition) is 1. The molecular weight excluding hydrogens is 324 g/mol. The van der Waals surface area contributed by atoms with Crippen LogP contribution in [-0.2, 0) is 20.8 Å². The Kier molecular flexibility index (Phi) is 6.22. The van der Waals surface area contributed by atoms with Crippen molar-refractivity contribution >= 4 is 12.1 Å². The van der Waals surface area contributed by atoms with Crippen LogP contribution in [0, 0.1) is 0 Å². The third-order valence-electron chi connectivity index (χ3n) is 3.60. The lowest BCUT2D eigenvalue weighted by Gasteiger charge is -2.36. The molecule has 7 nitrogen and oxygen atoms in total. The van der Waals surface area contributed by atoms with E-state index in [0.717, 1.165) is 18.6 Å². The molecule has 1 aromatic rings. The highest BCUT2D eigenvalue weighted by Gasteiger charge is 2.33. The molecule has 0 atom stereocenters. The number of pyridine rings is 1. The van der Waals surface area contributed by atoms with Crippen LogP contribution in [0.5, 0.6) is 5.75 Å². The third kappa shape index (κ3) is 6.60. The minimum Gasteiger partial charge on any atom is -0.490 e. The highest BCUT2D eigenvalue weighted by atomic mass is 16.6. The Bertz CT molecular complexity index is 588. The van der Waals surface area contributed by atoms with E-state index in [0.29, 0.717) is 6.61 Å². The second kappa shape index (κ2) is 8.18. The number of aromatic nitrogens is 1. The van der Waals surface area contributed by atoms with Crippen LogP contribution in [0.1, 0.15) is 40.5 Å². The summed E-state index contributed by atoms with van der Waals surface area (Å²) < 4.78 is 17.7. The maximum Gasteiger partial charge on any atom is 0.407 e. The van der Waals surface area contributed by atoms with Crippen LogP contribution >= 0.6 is 0 Å². The quantitative estimate of drug-likeness (QED) is 0.626. The van der Waals surface area contributed by atoms with E-state index in [-0.39, 0.29) is 24.7 Å². The molecule has 1 amide bonds. The summed E-state index contributed by atoms with van der Waals surface area (Å²) in [5.74, 6) is 0.469. The lowest BCUT2D eigenvalue weighted by Crippen LogP contribution is -2.50. The molecule has 1 N–H and O–H groups in total. The first-order valence-corrected chi connectivity index (χ1v) is 8.56. The van der Waals surface area contributed by atoms with E-state index in [1.807, 2.05) is 32.9 Å². The number of ether oxygens (including phenoxy) is 3. The van der Waals surface area contributed by atoms with Crippen molar-refractivity contribution in [3.8, 4) is 5.75 Å². The third-order valence-corrected chi connectivity index (χ3v) is 3.60. The molecule has 0 bridgehead atoms. The molecule has 138 valence electrons. The van der Waals surface area contributed by atoms with Gasteiger partial charge < -0.3 is 19.5 Å². The van der Waals surface area contributed by atoms with Gasteiger partial charge in [0.2, 0.25) is 6.54 Å². The van der Waals surface area contributed by atoms with Crippen molar-refractivity contribution in [2.24, 2.45) is 0 Å². The van der Waals surface area contributed by atoms with Crippen molar-refractivity contribution in [2.75, 3.05) is 6.61 Å². The van der Waals surface area contributed by atoms with Crippen molar-refractivity contribution in [2.45, 2.75) is 64.8 Å². The minimum atomic E-state index is -0.493. The number of carbonyl (C=O) groups excluding carboxylic acids is 2. The van der Waals surface area contributed by atoms with E-state index in [1.165, 1.54) is 0 Å². The van der Waals surface area contributed by atoms with Crippen LogP contribution in [0.25, 0.3) is 0 Å². The van der Waals surface area contributed by atoms with Gasteiger partial charge in [-0.15, -0.1) is 0 Å². The number of alkyl carbamates (subject to hydrolysis) is 1. The fourth-order valence-electron chi connectivity index (χ4n) is 2.43. The van der Waals surface area contributed by atoms with Crippen LogP contribution in [-0.4, -0.2) is 36.4 Å². The normalized spacial score (nSPS) is 19.5. The van der Waals surface area contributed by atoms with E-state index in [1.54, 1.807) is 23.9 Å². The molecule has 1 saturated carbocycles. The summed E-state index contributed by atoms with van der Waals surface area (Å²) in [7, 11) is 0. The summed E-state index contributed by atoms with van der Waals surface area (Å²) in [6.45, 7) is 7.85. The standard InChI is InChI=1S/C18H26N2O5/c1-5-23-16(21)12-20-8-6-14(7-9-20)24-15-10-13(11-15)19-17(22)25-18(2,3)4/h6-9,13,15H,5,10-12H2,1-4H3/p+1/t13-,15+. The van der Waals surface area contributed by atoms with Gasteiger partial charge in [-0.3, -0.25) is 0 Å². The van der Waals surface area contributed by atoms with E-state index >= 15 is 0 Å². The Hall–Kier alpha value is -2.31. The van der Waals surface area contributed by atoms with E-state index in [2.05, 4.69) is 5.32 Å². The van der Waals surface area contributed by atoms with Crippen molar-refractivity contribution in [1.29, 1.82) is 0 Å². The van der Waals surface area contributed by atoms with Gasteiger partial charge in [0.25, 0.3) is 0 Å². The zero-order valence-electron chi connectivity index (χ0n) is 15.3. The van der Waals surface area contributed by atoms with Crippen molar-refractivity contribution in [3.63, 3.8) is 0 Å². The van der Waals surface area contributed by atoms with Crippen LogP contribution in [0.3, 0.4) is 0 Å². The molecule has 0 radical (unpaired) electrons. The van der Waals surface area contributed by atoms with Crippen LogP contribution in [0.15, 0.2) is 24.5 Å². The van der Waals surface area contributed by atoms with Crippen LogP contribution in [0.2, 0.25) is 0 Å². The Morgan fingerprint density at radius 2 is 1.88 bits per heavy atom. The lowest BCUT2D eigenvalue weighted by molar-refractivity contribution is -0.686. The maximum atomic E-state index is 11.7. The van der Waals surface area contributed by atoms with Gasteiger partial charge in [-0.25, -0.2) is 9.59 Å². The number of rotatable bonds is 6. The second-order valence-corrected chi connectivity index (χ2v) is 7.07. The Labute approximate surface area is 148 Å². The number of hydrogen-bond acceptors (Lipinski definition) is 5. The average molecular weight is 351 g/mol. The predicted molar refractivity (Wildman–Crippen MR) is 90.1 cm³/mol. The highest BCUT2D eigenvalue weighted by molar-refractivity contribution is 5.68. The number of carbonyl (C=O) groups is 2. The molecule has 0 saturated heterocycles. The lowest BCUT2D eigenvalue weighted by atomic mass is 9.89. The molecule has 0 spiro atoms. The Balaban J connectivity index is 1.70. The van der Waals surface area contributed by atoms with Crippen molar-refractivity contribution in [3.05, 3.63) is 24.5 Å². The zero-order chi connectivity index (χ0) is 18.4. The van der Waals surface area contributed by atoms with Crippen LogP contribution in [0.4, 0.5) is 4.79 Å². The molecule has 25 heavy (non-hydrogen) atoms. The predicted octanol–water partition coefficient (Wildman–Crippen LogP) is 1.97. The summed E-state index contributed by atoms with van der Waals surface area (Å²) in [6, 6.07) is 3.71. The second-order valence-electron chi connectivity index (χ2n) is 7.07. The number of esters is 1. The fraction of sp³-hybridized carbons (Fsp3) is 0.611. The van der Waals surface area contributed by atoms with Gasteiger partial charge in [-0.1, -0.05) is 0 Å². The molecular formula is C18H27N2O5+. The van der Waals surface area contributed by atoms with Gasteiger partial charge in [0, 0.05) is 31.0 Å². The monoisotopic (exact) mass is 351 g/mol. The highest BCUT2D eigenvalue weighted by Crippen LogP contribution is 2.25. The van der Waals surface area contributed by atoms with Gasteiger partial charge in [0.15, 0.2) is 12.4 Å². The fourth-order valence-corrected chi connectivity index (χ4v) is 2.43. The van der Waals surface area contributed by atoms with Gasteiger partial charge in [0.05, 0.1) is 6.61 Å². The SMILES string of the molecule is CCOC(=O)C[n+]1ccc(O[C@H]2C[C@@H](NC(=O)OC(C)(C)C)C2)cc1. The first-order chi connectivity index (χ1) is 11.7. The molecule has 0 aliphatic heterocycles. The summed E-state index contributed by atoms with van der Waals surface area (Å²) in [5.41, 5.74) is -0.493. The number of nitrogens with zero attached hydrogens (tertiary/aromatic N) is 1. The molecule has 1 aliphatic carbocycles. The topological polar surface area (TPSA) is 77.7 Å². The van der Waals surface area contributed by atoms with Crippen molar-refractivity contribution in [1.82, 2.24) is 5.32 Å². The maximum absolute atomic E-state index is 11.7. The Morgan fingerprint density at radius 1 is 1.24 bits per heavy atom. The first kappa shape index (κ1) is 19.0. The molecule has 1 heterocycles. The smallest absolute Gasteiger partial charge is 0.407 e. The molecule has 0 aromatic carbocycles. The summed E-state index contributed by atoms with van der Waals surface area (Å²) in [5, 5.41) is 2.83. The largest absolute Gasteiger partial charge is 0.490 e. The first-order valence-electron chi connectivity index (χ1n) is 8.56. The molecule has 1 fully saturated rings. The molecule has 7 heteroatoms. The van der Waals surface area contributed by atoms with Crippen molar-refractivity contribution < 1.29 is 28.4 Å². The Morgan fingerprint density at radius 3 is 2.44 bits per heavy atom. The molecule has 0 unspecified atom stereocenters. The van der Waals surface area contributed by atoms with E-state index in [4.69, 9.17) is 14.2 Å². The van der Waals surface area contributed by atoms with E-state index < -0.39 is 11.7 Å². The summed E-state index contributed by atoms with van der Waals surface area (Å²) >= 11 is 0. The summed E-state index contributed by atoms with van der Waals surface area (Å²) in [4.78, 5) is 23.1. The molecule has 2 rings (SSSR count). The van der Waals surface area contributed by atoms with Gasteiger partial charge in [0.1, 0.15) is 17.5 Å². The number of amides is 1. The molecule has 1 aliphatic rings.